The molecular formula is C48H45N6O3P. The third kappa shape index (κ3) is 7.02. The Balaban J connectivity index is 1.18. The molecule has 0 N–H and O–H groups in total. The van der Waals surface area contributed by atoms with Crippen LogP contribution < -0.4 is 0 Å². The first-order chi connectivity index (χ1) is 28.6. The van der Waals surface area contributed by atoms with Gasteiger partial charge in [0.15, 0.2) is 11.6 Å². The Hall–Kier alpha value is -6.25. The zero-order chi connectivity index (χ0) is 39.8. The van der Waals surface area contributed by atoms with E-state index in [1.165, 1.54) is 12.7 Å². The molecule has 8 rings (SSSR count). The highest BCUT2D eigenvalue weighted by atomic mass is 31.1. The molecule has 0 radical (unpaired) electrons. The summed E-state index contributed by atoms with van der Waals surface area (Å²) in [7, 11) is -3.18. The summed E-state index contributed by atoms with van der Waals surface area (Å²) in [4.78, 5) is 9.60. The molecule has 9 nitrogen and oxygen atoms in total. The first kappa shape index (κ1) is 38.6. The summed E-state index contributed by atoms with van der Waals surface area (Å²) in [6.45, 7) is 3.96. The largest absolute Gasteiger partial charge is 0.320 e. The average molecular weight is 785 g/mol. The zero-order valence-electron chi connectivity index (χ0n) is 32.5. The molecule has 0 aliphatic carbocycles. The quantitative estimate of drug-likeness (QED) is 0.0711. The first-order valence-electron chi connectivity index (χ1n) is 19.6. The number of rotatable bonds is 16. The van der Waals surface area contributed by atoms with Crippen LogP contribution in [0.25, 0.3) is 0 Å². The maximum atomic E-state index is 14.3. The highest BCUT2D eigenvalue weighted by Gasteiger charge is 2.44. The van der Waals surface area contributed by atoms with Gasteiger partial charge >= 0.3 is 8.25 Å². The molecule has 0 amide bonds. The van der Waals surface area contributed by atoms with Crippen LogP contribution in [-0.2, 0) is 24.7 Å². The molecule has 0 spiro atoms. The van der Waals surface area contributed by atoms with Gasteiger partial charge in [-0.25, -0.2) is 19.3 Å². The van der Waals surface area contributed by atoms with Crippen molar-refractivity contribution in [1.82, 2.24) is 29.5 Å². The molecule has 2 unspecified atom stereocenters. The lowest BCUT2D eigenvalue weighted by molar-refractivity contribution is 0.110. The number of hydrogen-bond acceptors (Lipinski definition) is 7. The summed E-state index contributed by atoms with van der Waals surface area (Å²) in [5.74, 6) is 1.04. The molecule has 0 bridgehead atoms. The van der Waals surface area contributed by atoms with Crippen LogP contribution in [0, 0.1) is 0 Å². The molecule has 2 atom stereocenters. The highest BCUT2D eigenvalue weighted by Crippen LogP contribution is 2.47. The number of aromatic nitrogens is 6. The SMILES string of the molecule is CCC(O[PH](=O)OC(CC)c1ncnn1C(c1ccccc1)(c1ccccc1)c1ccccc1)c1ncnn1C(c1ccccc1)(c1ccccc1)c1ccccc1. The van der Waals surface area contributed by atoms with E-state index in [9.17, 15) is 4.57 Å². The van der Waals surface area contributed by atoms with E-state index in [2.05, 4.69) is 72.8 Å². The zero-order valence-corrected chi connectivity index (χ0v) is 33.5. The molecule has 0 fully saturated rings. The normalized spacial score (nSPS) is 13.5. The third-order valence-corrected chi connectivity index (χ3v) is 11.7. The van der Waals surface area contributed by atoms with E-state index in [0.717, 1.165) is 33.4 Å². The van der Waals surface area contributed by atoms with E-state index >= 15 is 0 Å². The van der Waals surface area contributed by atoms with Gasteiger partial charge in [-0.15, -0.1) is 0 Å². The molecule has 290 valence electrons. The lowest BCUT2D eigenvalue weighted by atomic mass is 9.77. The van der Waals surface area contributed by atoms with Crippen LogP contribution in [0.3, 0.4) is 0 Å². The van der Waals surface area contributed by atoms with Crippen molar-refractivity contribution in [3.63, 3.8) is 0 Å². The van der Waals surface area contributed by atoms with Crippen molar-refractivity contribution in [2.75, 3.05) is 0 Å². The van der Waals surface area contributed by atoms with Crippen LogP contribution >= 0.6 is 8.25 Å². The molecule has 0 saturated heterocycles. The Morgan fingerprint density at radius 3 is 0.914 bits per heavy atom. The summed E-state index contributed by atoms with van der Waals surface area (Å²) in [5, 5.41) is 9.82. The average Bonchev–Trinajstić information content (AvgIpc) is 3.99. The molecule has 0 saturated carbocycles. The molecule has 58 heavy (non-hydrogen) atoms. The van der Waals surface area contributed by atoms with Crippen molar-refractivity contribution in [3.8, 4) is 0 Å². The third-order valence-electron chi connectivity index (χ3n) is 10.7. The van der Waals surface area contributed by atoms with Crippen molar-refractivity contribution in [1.29, 1.82) is 0 Å². The van der Waals surface area contributed by atoms with Crippen molar-refractivity contribution >= 4 is 8.25 Å². The van der Waals surface area contributed by atoms with Crippen LogP contribution in [0.15, 0.2) is 195 Å². The van der Waals surface area contributed by atoms with Gasteiger partial charge < -0.3 is 0 Å². The fourth-order valence-electron chi connectivity index (χ4n) is 8.16. The van der Waals surface area contributed by atoms with Crippen LogP contribution in [0.1, 0.15) is 83.9 Å². The van der Waals surface area contributed by atoms with E-state index in [1.54, 1.807) is 0 Å². The van der Waals surface area contributed by atoms with Crippen LogP contribution in [0.4, 0.5) is 0 Å². The first-order valence-corrected chi connectivity index (χ1v) is 20.9. The molecule has 2 aromatic heterocycles. The maximum Gasteiger partial charge on any atom is 0.320 e. The Bertz CT molecular complexity index is 2150. The maximum absolute atomic E-state index is 14.3. The minimum Gasteiger partial charge on any atom is -0.299 e. The Morgan fingerprint density at radius 2 is 0.690 bits per heavy atom. The summed E-state index contributed by atoms with van der Waals surface area (Å²) in [6.07, 6.45) is 2.54. The van der Waals surface area contributed by atoms with Gasteiger partial charge in [0.25, 0.3) is 0 Å². The van der Waals surface area contributed by atoms with Crippen molar-refractivity contribution < 1.29 is 13.6 Å². The monoisotopic (exact) mass is 784 g/mol. The highest BCUT2D eigenvalue weighted by molar-refractivity contribution is 7.33. The topological polar surface area (TPSA) is 97.0 Å². The second-order valence-electron chi connectivity index (χ2n) is 14.0. The Labute approximate surface area is 340 Å². The molecule has 0 aliphatic heterocycles. The van der Waals surface area contributed by atoms with Gasteiger partial charge in [-0.3, -0.25) is 13.6 Å². The van der Waals surface area contributed by atoms with Crippen molar-refractivity contribution in [2.45, 2.75) is 50.0 Å². The Morgan fingerprint density at radius 1 is 0.448 bits per heavy atom. The van der Waals surface area contributed by atoms with E-state index in [0.29, 0.717) is 24.5 Å². The minimum atomic E-state index is -3.18. The molecule has 10 heteroatoms. The van der Waals surface area contributed by atoms with Gasteiger partial charge in [0.1, 0.15) is 35.9 Å². The fourth-order valence-corrected chi connectivity index (χ4v) is 9.23. The molecular weight excluding hydrogens is 740 g/mol. The summed E-state index contributed by atoms with van der Waals surface area (Å²) in [5.41, 5.74) is 4.07. The van der Waals surface area contributed by atoms with Crippen molar-refractivity contribution in [2.24, 2.45) is 0 Å². The van der Waals surface area contributed by atoms with Gasteiger partial charge in [-0.1, -0.05) is 196 Å². The van der Waals surface area contributed by atoms with E-state index < -0.39 is 31.5 Å². The Kier molecular flexibility index (Phi) is 11.6. The van der Waals surface area contributed by atoms with E-state index in [4.69, 9.17) is 29.2 Å². The lowest BCUT2D eigenvalue weighted by Crippen LogP contribution is -2.40. The lowest BCUT2D eigenvalue weighted by Gasteiger charge is -2.38. The summed E-state index contributed by atoms with van der Waals surface area (Å²) in [6, 6.07) is 61.5. The standard InChI is InChI=1S/C48H45N6O3P/c1-3-43(45-49-35-51-53(45)47(37-23-11-5-12-24-37,38-25-13-6-14-26-38)39-27-15-7-16-28-39)56-58(55)57-44(4-2)46-50-36-52-54(46)48(40-29-17-8-18-30-40,41-31-19-9-20-32-41)42-33-21-10-22-34-42/h5-36,43-44,58H,3-4H2,1-2H3. The predicted octanol–water partition coefficient (Wildman–Crippen LogP) is 10.6. The van der Waals surface area contributed by atoms with Gasteiger partial charge in [0, 0.05) is 0 Å². The van der Waals surface area contributed by atoms with Gasteiger partial charge in [0.2, 0.25) is 0 Å². The van der Waals surface area contributed by atoms with Crippen LogP contribution in [0.5, 0.6) is 0 Å². The second kappa shape index (κ2) is 17.5. The van der Waals surface area contributed by atoms with Crippen molar-refractivity contribution in [3.05, 3.63) is 240 Å². The smallest absolute Gasteiger partial charge is 0.299 e. The molecule has 6 aromatic carbocycles. The second-order valence-corrected chi connectivity index (χ2v) is 14.9. The minimum absolute atomic E-state index is 0.457. The number of hydrogen-bond donors (Lipinski definition) is 0. The molecule has 8 aromatic rings. The van der Waals surface area contributed by atoms with E-state index in [1.807, 2.05) is 132 Å². The number of nitrogens with zero attached hydrogens (tertiary/aromatic N) is 6. The predicted molar refractivity (Wildman–Crippen MR) is 226 cm³/mol. The summed E-state index contributed by atoms with van der Waals surface area (Å²) < 4.78 is 31.1. The molecule has 0 aliphatic rings. The fraction of sp³-hybridized carbons (Fsp3) is 0.167. The summed E-state index contributed by atoms with van der Waals surface area (Å²) >= 11 is 0. The van der Waals surface area contributed by atoms with Gasteiger partial charge in [0.05, 0.1) is 0 Å². The number of benzene rings is 6. The van der Waals surface area contributed by atoms with Gasteiger partial charge in [-0.2, -0.15) is 10.2 Å². The van der Waals surface area contributed by atoms with Crippen LogP contribution in [-0.4, -0.2) is 29.5 Å². The van der Waals surface area contributed by atoms with E-state index in [-0.39, 0.29) is 0 Å². The van der Waals surface area contributed by atoms with Crippen LogP contribution in [0.2, 0.25) is 0 Å². The molecule has 2 heterocycles. The van der Waals surface area contributed by atoms with Gasteiger partial charge in [-0.05, 0) is 46.2 Å².